The van der Waals surface area contributed by atoms with Gasteiger partial charge in [0.2, 0.25) is 5.95 Å². The summed E-state index contributed by atoms with van der Waals surface area (Å²) in [5, 5.41) is 19.1. The van der Waals surface area contributed by atoms with Gasteiger partial charge in [0.15, 0.2) is 10.9 Å². The van der Waals surface area contributed by atoms with Crippen LogP contribution in [0.4, 0.5) is 10.3 Å². The van der Waals surface area contributed by atoms with Gasteiger partial charge in [0.25, 0.3) is 0 Å². The van der Waals surface area contributed by atoms with Crippen molar-refractivity contribution in [2.24, 2.45) is 0 Å². The number of halogens is 1. The van der Waals surface area contributed by atoms with E-state index in [-0.39, 0.29) is 17.4 Å². The molecule has 0 atom stereocenters. The van der Waals surface area contributed by atoms with E-state index in [1.165, 1.54) is 23.9 Å². The topological polar surface area (TPSA) is 89.0 Å². The van der Waals surface area contributed by atoms with Crippen LogP contribution < -0.4 is 4.90 Å². The number of aryl methyl sites for hydroxylation is 1. The molecule has 0 bridgehead atoms. The molecule has 2 aromatic carbocycles. The zero-order valence-corrected chi connectivity index (χ0v) is 19.7. The number of fused-ring (bicyclic) bond motifs is 1. The molecule has 35 heavy (non-hydrogen) atoms. The maximum Gasteiger partial charge on any atom is 0.232 e. The maximum atomic E-state index is 14.1. The van der Waals surface area contributed by atoms with E-state index in [4.69, 9.17) is 10.00 Å². The second-order valence-electron chi connectivity index (χ2n) is 8.07. The Morgan fingerprint density at radius 2 is 1.97 bits per heavy atom. The molecule has 1 saturated heterocycles. The molecular weight excluding hydrogens is 467 g/mol. The molecular formula is C25H23FN6O2S. The van der Waals surface area contributed by atoms with Gasteiger partial charge in [-0.1, -0.05) is 36.0 Å². The first-order chi connectivity index (χ1) is 17.2. The Balaban J connectivity index is 1.44. The summed E-state index contributed by atoms with van der Waals surface area (Å²) < 4.78 is 23.3. The predicted molar refractivity (Wildman–Crippen MR) is 132 cm³/mol. The number of para-hydroxylation sites is 1. The average Bonchev–Trinajstić information content (AvgIpc) is 3.48. The van der Waals surface area contributed by atoms with Crippen LogP contribution in [0.3, 0.4) is 0 Å². The number of nitriles is 1. The molecule has 0 aliphatic carbocycles. The molecule has 5 rings (SSSR count). The van der Waals surface area contributed by atoms with E-state index in [9.17, 15) is 9.18 Å². The summed E-state index contributed by atoms with van der Waals surface area (Å²) >= 11 is 1.27. The van der Waals surface area contributed by atoms with Crippen LogP contribution in [0.25, 0.3) is 16.6 Å². The third-order valence-electron chi connectivity index (χ3n) is 5.86. The SMILES string of the molecule is N#CCCn1cc(C(=O)CSc2nnc(N3CCOCC3)n2-c2cccc(F)c2)c2ccccc21. The Morgan fingerprint density at radius 1 is 1.14 bits per heavy atom. The lowest BCUT2D eigenvalue weighted by Gasteiger charge is -2.27. The highest BCUT2D eigenvalue weighted by Gasteiger charge is 2.23. The van der Waals surface area contributed by atoms with Crippen molar-refractivity contribution in [1.82, 2.24) is 19.3 Å². The molecule has 0 amide bonds. The molecule has 0 radical (unpaired) electrons. The number of aromatic nitrogens is 4. The molecule has 0 spiro atoms. The van der Waals surface area contributed by atoms with Crippen LogP contribution in [0.5, 0.6) is 0 Å². The van der Waals surface area contributed by atoms with Gasteiger partial charge in [0.1, 0.15) is 5.82 Å². The maximum absolute atomic E-state index is 14.1. The van der Waals surface area contributed by atoms with E-state index < -0.39 is 0 Å². The molecule has 0 saturated carbocycles. The summed E-state index contributed by atoms with van der Waals surface area (Å²) in [6.45, 7) is 2.98. The van der Waals surface area contributed by atoms with Gasteiger partial charge in [-0.25, -0.2) is 4.39 Å². The van der Waals surface area contributed by atoms with Gasteiger partial charge in [0, 0.05) is 42.3 Å². The van der Waals surface area contributed by atoms with Crippen LogP contribution in [0.15, 0.2) is 59.9 Å². The second-order valence-corrected chi connectivity index (χ2v) is 9.01. The Kier molecular flexibility index (Phi) is 6.79. The number of morpholine rings is 1. The quantitative estimate of drug-likeness (QED) is 0.272. The zero-order valence-electron chi connectivity index (χ0n) is 18.9. The fourth-order valence-electron chi connectivity index (χ4n) is 4.20. The Bertz CT molecular complexity index is 1400. The van der Waals surface area contributed by atoms with Gasteiger partial charge < -0.3 is 14.2 Å². The summed E-state index contributed by atoms with van der Waals surface area (Å²) in [7, 11) is 0. The number of benzene rings is 2. The lowest BCUT2D eigenvalue weighted by molar-refractivity contribution is 0.102. The minimum absolute atomic E-state index is 0.0522. The molecule has 8 nitrogen and oxygen atoms in total. The van der Waals surface area contributed by atoms with Gasteiger partial charge >= 0.3 is 0 Å². The molecule has 0 N–H and O–H groups in total. The molecule has 0 unspecified atom stereocenters. The van der Waals surface area contributed by atoms with E-state index in [0.717, 1.165) is 10.9 Å². The van der Waals surface area contributed by atoms with Crippen molar-refractivity contribution >= 4 is 34.4 Å². The third kappa shape index (κ3) is 4.78. The van der Waals surface area contributed by atoms with Crippen molar-refractivity contribution in [2.75, 3.05) is 37.0 Å². The molecule has 3 heterocycles. The number of carbonyl (C=O) groups is 1. The Labute approximate surface area is 205 Å². The number of hydrogen-bond donors (Lipinski definition) is 0. The number of nitrogens with zero attached hydrogens (tertiary/aromatic N) is 6. The lowest BCUT2D eigenvalue weighted by Crippen LogP contribution is -2.37. The van der Waals surface area contributed by atoms with Crippen molar-refractivity contribution in [1.29, 1.82) is 5.26 Å². The standard InChI is InChI=1S/C25H23FN6O2S/c26-18-5-3-6-19(15-18)32-24(30-11-13-34-14-12-30)28-29-25(32)35-17-23(33)21-16-31(10-4-9-27)22-8-2-1-7-20(21)22/h1-3,5-8,15-16H,4,10-14,17H2. The van der Waals surface area contributed by atoms with Crippen LogP contribution in [0.1, 0.15) is 16.8 Å². The largest absolute Gasteiger partial charge is 0.378 e. The van der Waals surface area contributed by atoms with E-state index in [1.807, 2.05) is 35.0 Å². The molecule has 1 aliphatic rings. The van der Waals surface area contributed by atoms with Gasteiger partial charge in [0.05, 0.1) is 37.1 Å². The average molecular weight is 491 g/mol. The van der Waals surface area contributed by atoms with Crippen molar-refractivity contribution in [3.05, 3.63) is 66.1 Å². The summed E-state index contributed by atoms with van der Waals surface area (Å²) in [6.07, 6.45) is 2.18. The molecule has 2 aromatic heterocycles. The van der Waals surface area contributed by atoms with Crippen LogP contribution in [-0.4, -0.2) is 57.2 Å². The summed E-state index contributed by atoms with van der Waals surface area (Å²) in [5.41, 5.74) is 2.13. The Hall–Kier alpha value is -3.68. The molecule has 178 valence electrons. The number of Topliss-reactive ketones (excluding diaryl/α,β-unsaturated/α-hetero) is 1. The summed E-state index contributed by atoms with van der Waals surface area (Å²) in [4.78, 5) is 15.3. The summed E-state index contributed by atoms with van der Waals surface area (Å²) in [5.74, 6) is 0.329. The number of hydrogen-bond acceptors (Lipinski definition) is 7. The number of anilines is 1. The monoisotopic (exact) mass is 490 g/mol. The number of carbonyl (C=O) groups excluding carboxylic acids is 1. The van der Waals surface area contributed by atoms with E-state index in [1.54, 1.807) is 16.7 Å². The fourth-order valence-corrected chi connectivity index (χ4v) is 5.03. The highest BCUT2D eigenvalue weighted by atomic mass is 32.2. The van der Waals surface area contributed by atoms with Crippen LogP contribution >= 0.6 is 11.8 Å². The van der Waals surface area contributed by atoms with E-state index >= 15 is 0 Å². The molecule has 10 heteroatoms. The fraction of sp³-hybridized carbons (Fsp3) is 0.280. The number of ketones is 1. The first kappa shape index (κ1) is 23.1. The van der Waals surface area contributed by atoms with Gasteiger partial charge in [-0.3, -0.25) is 9.36 Å². The highest BCUT2D eigenvalue weighted by Crippen LogP contribution is 2.29. The first-order valence-electron chi connectivity index (χ1n) is 11.3. The number of ether oxygens (including phenoxy) is 1. The van der Waals surface area contributed by atoms with Crippen LogP contribution in [0.2, 0.25) is 0 Å². The Morgan fingerprint density at radius 3 is 2.77 bits per heavy atom. The third-order valence-corrected chi connectivity index (χ3v) is 6.79. The van der Waals surface area contributed by atoms with Crippen LogP contribution in [-0.2, 0) is 11.3 Å². The molecule has 1 aliphatic heterocycles. The minimum atomic E-state index is -0.360. The van der Waals surface area contributed by atoms with Crippen molar-refractivity contribution in [2.45, 2.75) is 18.1 Å². The van der Waals surface area contributed by atoms with E-state index in [0.29, 0.717) is 61.6 Å². The first-order valence-corrected chi connectivity index (χ1v) is 12.3. The van der Waals surface area contributed by atoms with Crippen molar-refractivity contribution < 1.29 is 13.9 Å². The minimum Gasteiger partial charge on any atom is -0.378 e. The number of rotatable bonds is 8. The normalized spacial score (nSPS) is 13.8. The van der Waals surface area contributed by atoms with Gasteiger partial charge in [-0.05, 0) is 24.3 Å². The van der Waals surface area contributed by atoms with E-state index in [2.05, 4.69) is 21.2 Å². The molecule has 4 aromatic rings. The van der Waals surface area contributed by atoms with Crippen molar-refractivity contribution in [3.8, 4) is 11.8 Å². The molecule has 1 fully saturated rings. The predicted octanol–water partition coefficient (Wildman–Crippen LogP) is 4.09. The smallest absolute Gasteiger partial charge is 0.232 e. The number of thioether (sulfide) groups is 1. The van der Waals surface area contributed by atoms with Crippen molar-refractivity contribution in [3.63, 3.8) is 0 Å². The zero-order chi connectivity index (χ0) is 24.2. The highest BCUT2D eigenvalue weighted by molar-refractivity contribution is 7.99. The van der Waals surface area contributed by atoms with Gasteiger partial charge in [-0.15, -0.1) is 10.2 Å². The second kappa shape index (κ2) is 10.3. The van der Waals surface area contributed by atoms with Crippen LogP contribution in [0, 0.1) is 17.1 Å². The lowest BCUT2D eigenvalue weighted by atomic mass is 10.1. The van der Waals surface area contributed by atoms with Gasteiger partial charge in [-0.2, -0.15) is 5.26 Å². The summed E-state index contributed by atoms with van der Waals surface area (Å²) in [6, 6.07) is 16.1.